The van der Waals surface area contributed by atoms with E-state index >= 15 is 0 Å². The Morgan fingerprint density at radius 1 is 1.11 bits per heavy atom. The lowest BCUT2D eigenvalue weighted by molar-refractivity contribution is -0.123. The van der Waals surface area contributed by atoms with Crippen LogP contribution in [0.3, 0.4) is 0 Å². The maximum absolute atomic E-state index is 12.5. The van der Waals surface area contributed by atoms with Crippen LogP contribution in [0.5, 0.6) is 5.75 Å². The van der Waals surface area contributed by atoms with Gasteiger partial charge in [0.25, 0.3) is 5.91 Å². The third kappa shape index (κ3) is 4.30. The molecule has 2 aromatic carbocycles. The first-order chi connectivity index (χ1) is 13.4. The normalized spacial score (nSPS) is 12.0. The van der Waals surface area contributed by atoms with Crippen LogP contribution in [0.25, 0.3) is 10.9 Å². The number of nitrogens with one attached hydrogen (secondary N) is 2. The predicted octanol–water partition coefficient (Wildman–Crippen LogP) is 4.72. The molecule has 1 amide bonds. The second-order valence-corrected chi connectivity index (χ2v) is 6.56. The second kappa shape index (κ2) is 8.39. The number of rotatable bonds is 6. The van der Waals surface area contributed by atoms with E-state index in [4.69, 9.17) is 4.74 Å². The number of carbonyl (C=O) groups excluding carboxylic acids is 2. The van der Waals surface area contributed by atoms with Crippen molar-refractivity contribution in [2.45, 2.75) is 19.6 Å². The summed E-state index contributed by atoms with van der Waals surface area (Å²) < 4.78 is 35.0. The molecule has 0 aliphatic carbocycles. The number of hydrogen-bond donors (Lipinski definition) is 2. The van der Waals surface area contributed by atoms with Crippen LogP contribution in [0.4, 0.5) is 14.5 Å². The topological polar surface area (TPSA) is 80.4 Å². The van der Waals surface area contributed by atoms with Crippen LogP contribution >= 0.6 is 15.9 Å². The lowest BCUT2D eigenvalue weighted by Crippen LogP contribution is -2.30. The van der Waals surface area contributed by atoms with Gasteiger partial charge in [0.2, 0.25) is 0 Å². The van der Waals surface area contributed by atoms with Crippen molar-refractivity contribution in [3.63, 3.8) is 0 Å². The van der Waals surface area contributed by atoms with Gasteiger partial charge in [-0.3, -0.25) is 4.79 Å². The Balaban J connectivity index is 1.70. The van der Waals surface area contributed by atoms with Crippen molar-refractivity contribution >= 4 is 44.4 Å². The summed E-state index contributed by atoms with van der Waals surface area (Å²) in [5.41, 5.74) is 0.946. The molecule has 1 aromatic heterocycles. The SMILES string of the molecule is CC(OC(=O)c1[nH]c2ccccc2c1Br)C(=O)Nc1ccccc1OC(F)F. The molecule has 146 valence electrons. The largest absolute Gasteiger partial charge is 0.448 e. The van der Waals surface area contributed by atoms with Gasteiger partial charge in [-0.05, 0) is 41.1 Å². The average molecular weight is 453 g/mol. The highest BCUT2D eigenvalue weighted by molar-refractivity contribution is 9.10. The second-order valence-electron chi connectivity index (χ2n) is 5.77. The molecule has 6 nitrogen and oxygen atoms in total. The number of fused-ring (bicyclic) bond motifs is 1. The fourth-order valence-corrected chi connectivity index (χ4v) is 3.13. The number of para-hydroxylation sites is 3. The van der Waals surface area contributed by atoms with Crippen LogP contribution in [0.15, 0.2) is 53.0 Å². The summed E-state index contributed by atoms with van der Waals surface area (Å²) in [7, 11) is 0. The third-order valence-corrected chi connectivity index (χ3v) is 4.68. The van der Waals surface area contributed by atoms with Crippen LogP contribution in [0.2, 0.25) is 0 Å². The maximum Gasteiger partial charge on any atom is 0.387 e. The summed E-state index contributed by atoms with van der Waals surface area (Å²) in [6.07, 6.45) is -1.18. The van der Waals surface area contributed by atoms with Crippen LogP contribution < -0.4 is 10.1 Å². The number of alkyl halides is 2. The van der Waals surface area contributed by atoms with E-state index in [0.29, 0.717) is 4.47 Å². The highest BCUT2D eigenvalue weighted by Crippen LogP contribution is 2.29. The van der Waals surface area contributed by atoms with E-state index in [2.05, 4.69) is 31.0 Å². The summed E-state index contributed by atoms with van der Waals surface area (Å²) in [5.74, 6) is -1.61. The molecule has 1 unspecified atom stereocenters. The highest BCUT2D eigenvalue weighted by Gasteiger charge is 2.24. The fourth-order valence-electron chi connectivity index (χ4n) is 2.52. The zero-order valence-electron chi connectivity index (χ0n) is 14.5. The van der Waals surface area contributed by atoms with Gasteiger partial charge in [0.1, 0.15) is 11.4 Å². The van der Waals surface area contributed by atoms with Crippen molar-refractivity contribution in [3.05, 3.63) is 58.7 Å². The van der Waals surface area contributed by atoms with E-state index in [1.165, 1.54) is 25.1 Å². The number of hydrogen-bond acceptors (Lipinski definition) is 4. The Morgan fingerprint density at radius 3 is 2.50 bits per heavy atom. The van der Waals surface area contributed by atoms with Gasteiger partial charge in [-0.25, -0.2) is 4.79 Å². The number of aromatic amines is 1. The van der Waals surface area contributed by atoms with E-state index in [1.54, 1.807) is 12.1 Å². The third-order valence-electron chi connectivity index (χ3n) is 3.86. The fraction of sp³-hybridized carbons (Fsp3) is 0.158. The Labute approximate surface area is 167 Å². The summed E-state index contributed by atoms with van der Waals surface area (Å²) in [4.78, 5) is 27.7. The van der Waals surface area contributed by atoms with Gasteiger partial charge in [0, 0.05) is 10.9 Å². The van der Waals surface area contributed by atoms with E-state index in [1.807, 2.05) is 18.2 Å². The maximum atomic E-state index is 12.5. The number of esters is 1. The first-order valence-corrected chi connectivity index (χ1v) is 8.98. The predicted molar refractivity (Wildman–Crippen MR) is 103 cm³/mol. The zero-order chi connectivity index (χ0) is 20.3. The Hall–Kier alpha value is -2.94. The molecule has 9 heteroatoms. The van der Waals surface area contributed by atoms with Crippen molar-refractivity contribution in [2.75, 3.05) is 5.32 Å². The molecule has 3 aromatic rings. The molecule has 0 spiro atoms. The van der Waals surface area contributed by atoms with Crippen molar-refractivity contribution in [2.24, 2.45) is 0 Å². The molecular weight excluding hydrogens is 438 g/mol. The molecule has 0 bridgehead atoms. The standard InChI is InChI=1S/C19H15BrF2N2O4/c1-10(17(25)24-13-8-4-5-9-14(13)28-19(21)22)27-18(26)16-15(20)11-6-2-3-7-12(11)23-16/h2-10,19,23H,1H3,(H,24,25). The van der Waals surface area contributed by atoms with Crippen LogP contribution in [-0.2, 0) is 9.53 Å². The molecule has 0 aliphatic rings. The van der Waals surface area contributed by atoms with Crippen molar-refractivity contribution in [3.8, 4) is 5.75 Å². The van der Waals surface area contributed by atoms with Gasteiger partial charge in [0.15, 0.2) is 6.10 Å². The number of H-pyrrole nitrogens is 1. The minimum Gasteiger partial charge on any atom is -0.448 e. The van der Waals surface area contributed by atoms with Gasteiger partial charge >= 0.3 is 12.6 Å². The number of aromatic nitrogens is 1. The Morgan fingerprint density at radius 2 is 1.79 bits per heavy atom. The van der Waals surface area contributed by atoms with Crippen LogP contribution in [0, 0.1) is 0 Å². The summed E-state index contributed by atoms with van der Waals surface area (Å²) >= 11 is 3.35. The molecule has 2 N–H and O–H groups in total. The van der Waals surface area contributed by atoms with Gasteiger partial charge in [0.05, 0.1) is 10.2 Å². The number of ether oxygens (including phenoxy) is 2. The quantitative estimate of drug-likeness (QED) is 0.530. The zero-order valence-corrected chi connectivity index (χ0v) is 16.1. The van der Waals surface area contributed by atoms with Crippen molar-refractivity contribution in [1.29, 1.82) is 0 Å². The first-order valence-electron chi connectivity index (χ1n) is 8.18. The van der Waals surface area contributed by atoms with Crippen molar-refractivity contribution in [1.82, 2.24) is 4.98 Å². The first kappa shape index (κ1) is 19.8. The molecule has 1 atom stereocenters. The van der Waals surface area contributed by atoms with Gasteiger partial charge in [-0.2, -0.15) is 8.78 Å². The monoisotopic (exact) mass is 452 g/mol. The number of anilines is 1. The number of benzene rings is 2. The smallest absolute Gasteiger partial charge is 0.387 e. The van der Waals surface area contributed by atoms with E-state index in [0.717, 1.165) is 10.9 Å². The molecule has 0 saturated heterocycles. The highest BCUT2D eigenvalue weighted by atomic mass is 79.9. The molecule has 0 radical (unpaired) electrons. The van der Waals surface area contributed by atoms with Crippen molar-refractivity contribution < 1.29 is 27.8 Å². The lowest BCUT2D eigenvalue weighted by Gasteiger charge is -2.15. The summed E-state index contributed by atoms with van der Waals surface area (Å²) in [6.45, 7) is -1.66. The molecule has 0 fully saturated rings. The summed E-state index contributed by atoms with van der Waals surface area (Å²) in [5, 5.41) is 3.21. The van der Waals surface area contributed by atoms with Gasteiger partial charge in [-0.1, -0.05) is 30.3 Å². The molecule has 28 heavy (non-hydrogen) atoms. The van der Waals surface area contributed by atoms with Crippen LogP contribution in [0.1, 0.15) is 17.4 Å². The molecule has 1 heterocycles. The minimum atomic E-state index is -3.03. The molecular formula is C19H15BrF2N2O4. The number of halogens is 3. The van der Waals surface area contributed by atoms with E-state index < -0.39 is 24.6 Å². The van der Waals surface area contributed by atoms with Gasteiger partial charge < -0.3 is 19.8 Å². The molecule has 3 rings (SSSR count). The average Bonchev–Trinajstić information content (AvgIpc) is 3.00. The lowest BCUT2D eigenvalue weighted by atomic mass is 10.2. The minimum absolute atomic E-state index is 0.0440. The van der Waals surface area contributed by atoms with E-state index in [-0.39, 0.29) is 17.1 Å². The van der Waals surface area contributed by atoms with Crippen LogP contribution in [-0.4, -0.2) is 29.6 Å². The Kier molecular flexibility index (Phi) is 5.93. The molecule has 0 saturated carbocycles. The van der Waals surface area contributed by atoms with Gasteiger partial charge in [-0.15, -0.1) is 0 Å². The number of amides is 1. The Bertz CT molecular complexity index is 1020. The van der Waals surface area contributed by atoms with E-state index in [9.17, 15) is 18.4 Å². The molecule has 0 aliphatic heterocycles. The summed E-state index contributed by atoms with van der Waals surface area (Å²) in [6, 6.07) is 13.0. The number of carbonyl (C=O) groups is 2.